The second-order valence-electron chi connectivity index (χ2n) is 3.46. The molecular formula is C12H7Cl2F2NO. The lowest BCUT2D eigenvalue weighted by Gasteiger charge is -2.07. The van der Waals surface area contributed by atoms with E-state index in [4.69, 9.17) is 27.9 Å². The highest BCUT2D eigenvalue weighted by Gasteiger charge is 2.06. The van der Waals surface area contributed by atoms with Crippen LogP contribution in [0.1, 0.15) is 5.56 Å². The Bertz CT molecular complexity index is 578. The Hall–Kier alpha value is -1.39. The Balaban J connectivity index is 2.09. The van der Waals surface area contributed by atoms with Crippen molar-refractivity contribution >= 4 is 23.2 Å². The monoisotopic (exact) mass is 289 g/mol. The van der Waals surface area contributed by atoms with Crippen molar-refractivity contribution < 1.29 is 13.5 Å². The summed E-state index contributed by atoms with van der Waals surface area (Å²) in [5.41, 5.74) is 0.603. The minimum Gasteiger partial charge on any atom is -0.489 e. The fraction of sp³-hybridized carbons (Fsp3) is 0.0833. The summed E-state index contributed by atoms with van der Waals surface area (Å²) in [7, 11) is 0. The highest BCUT2D eigenvalue weighted by atomic mass is 35.5. The highest BCUT2D eigenvalue weighted by molar-refractivity contribution is 6.34. The van der Waals surface area contributed by atoms with E-state index in [0.717, 1.165) is 12.1 Å². The first-order valence-electron chi connectivity index (χ1n) is 4.94. The molecule has 0 saturated heterocycles. The number of rotatable bonds is 3. The molecule has 0 aliphatic heterocycles. The summed E-state index contributed by atoms with van der Waals surface area (Å²) in [6, 6.07) is 4.77. The van der Waals surface area contributed by atoms with Crippen LogP contribution in [-0.2, 0) is 6.61 Å². The van der Waals surface area contributed by atoms with Gasteiger partial charge in [-0.05, 0) is 18.2 Å². The lowest BCUT2D eigenvalue weighted by atomic mass is 10.3. The zero-order valence-electron chi connectivity index (χ0n) is 8.96. The number of aromatic nitrogens is 1. The summed E-state index contributed by atoms with van der Waals surface area (Å²) < 4.78 is 30.9. The predicted octanol–water partition coefficient (Wildman–Crippen LogP) is 4.25. The summed E-state index contributed by atoms with van der Waals surface area (Å²) in [4.78, 5) is 3.85. The van der Waals surface area contributed by atoms with Gasteiger partial charge in [-0.25, -0.2) is 13.8 Å². The minimum absolute atomic E-state index is 0.0913. The average molecular weight is 290 g/mol. The van der Waals surface area contributed by atoms with E-state index in [0.29, 0.717) is 10.6 Å². The molecule has 1 aromatic carbocycles. The molecule has 6 heteroatoms. The molecule has 0 aliphatic carbocycles. The number of halogens is 4. The van der Waals surface area contributed by atoms with Gasteiger partial charge >= 0.3 is 0 Å². The molecule has 2 nitrogen and oxygen atoms in total. The first kappa shape index (κ1) is 13.1. The molecule has 1 heterocycles. The lowest BCUT2D eigenvalue weighted by Crippen LogP contribution is -1.98. The molecule has 94 valence electrons. The zero-order valence-corrected chi connectivity index (χ0v) is 10.5. The number of pyridine rings is 1. The Morgan fingerprint density at radius 3 is 2.56 bits per heavy atom. The van der Waals surface area contributed by atoms with Crippen molar-refractivity contribution in [2.75, 3.05) is 0 Å². The first-order chi connectivity index (χ1) is 8.56. The molecule has 2 aromatic rings. The fourth-order valence-corrected chi connectivity index (χ4v) is 1.69. The van der Waals surface area contributed by atoms with Gasteiger partial charge in [-0.2, -0.15) is 0 Å². The van der Waals surface area contributed by atoms with Gasteiger partial charge in [0, 0.05) is 17.8 Å². The van der Waals surface area contributed by atoms with Gasteiger partial charge in [0.2, 0.25) is 0 Å². The van der Waals surface area contributed by atoms with Crippen molar-refractivity contribution in [3.05, 3.63) is 57.8 Å². The molecule has 0 N–H and O–H groups in total. The molecule has 1 aromatic heterocycles. The van der Waals surface area contributed by atoms with Gasteiger partial charge < -0.3 is 4.74 Å². The molecule has 0 radical (unpaired) electrons. The maximum Gasteiger partial charge on any atom is 0.162 e. The largest absolute Gasteiger partial charge is 0.489 e. The minimum atomic E-state index is -0.965. The van der Waals surface area contributed by atoms with Gasteiger partial charge in [0.15, 0.2) is 11.6 Å². The smallest absolute Gasteiger partial charge is 0.162 e. The molecular weight excluding hydrogens is 283 g/mol. The van der Waals surface area contributed by atoms with Crippen LogP contribution in [0, 0.1) is 11.6 Å². The topological polar surface area (TPSA) is 22.1 Å². The number of hydrogen-bond acceptors (Lipinski definition) is 2. The van der Waals surface area contributed by atoms with E-state index in [1.54, 1.807) is 0 Å². The average Bonchev–Trinajstić information content (AvgIpc) is 2.32. The number of nitrogens with zero attached hydrogens (tertiary/aromatic N) is 1. The van der Waals surface area contributed by atoms with Crippen LogP contribution in [0.25, 0.3) is 0 Å². The van der Waals surface area contributed by atoms with Gasteiger partial charge in [-0.3, -0.25) is 0 Å². The van der Waals surface area contributed by atoms with Crippen molar-refractivity contribution in [2.24, 2.45) is 0 Å². The van der Waals surface area contributed by atoms with Crippen LogP contribution in [-0.4, -0.2) is 4.98 Å². The fourth-order valence-electron chi connectivity index (χ4n) is 1.27. The van der Waals surface area contributed by atoms with Crippen LogP contribution in [0.15, 0.2) is 30.5 Å². The normalized spacial score (nSPS) is 10.4. The van der Waals surface area contributed by atoms with E-state index in [1.165, 1.54) is 18.3 Å². The van der Waals surface area contributed by atoms with Crippen LogP contribution in [0.2, 0.25) is 10.2 Å². The molecule has 0 aliphatic rings. The second kappa shape index (κ2) is 5.50. The standard InChI is InChI=1S/C12H7Cl2F2NO/c13-9-4-12(14)17-5-7(9)6-18-8-1-2-10(15)11(16)3-8/h1-5H,6H2. The first-order valence-corrected chi connectivity index (χ1v) is 5.69. The molecule has 0 bridgehead atoms. The third-order valence-corrected chi connectivity index (χ3v) is 2.74. The number of ether oxygens (including phenoxy) is 1. The van der Waals surface area contributed by atoms with Gasteiger partial charge in [-0.1, -0.05) is 23.2 Å². The van der Waals surface area contributed by atoms with Gasteiger partial charge in [0.05, 0.1) is 5.02 Å². The van der Waals surface area contributed by atoms with Crippen LogP contribution in [0.4, 0.5) is 8.78 Å². The van der Waals surface area contributed by atoms with Crippen molar-refractivity contribution in [1.82, 2.24) is 4.98 Å². The molecule has 18 heavy (non-hydrogen) atoms. The van der Waals surface area contributed by atoms with E-state index in [1.807, 2.05) is 0 Å². The SMILES string of the molecule is Fc1ccc(OCc2cnc(Cl)cc2Cl)cc1F. The second-order valence-corrected chi connectivity index (χ2v) is 4.26. The zero-order chi connectivity index (χ0) is 13.1. The van der Waals surface area contributed by atoms with E-state index in [9.17, 15) is 8.78 Å². The van der Waals surface area contributed by atoms with Gasteiger partial charge in [-0.15, -0.1) is 0 Å². The molecule has 0 atom stereocenters. The van der Waals surface area contributed by atoms with Gasteiger partial charge in [0.1, 0.15) is 17.5 Å². The number of hydrogen-bond donors (Lipinski definition) is 0. The summed E-state index contributed by atoms with van der Waals surface area (Å²) in [5.74, 6) is -1.68. The predicted molar refractivity (Wildman–Crippen MR) is 64.9 cm³/mol. The van der Waals surface area contributed by atoms with Crippen molar-refractivity contribution in [3.8, 4) is 5.75 Å². The maximum absolute atomic E-state index is 12.9. The van der Waals surface area contributed by atoms with Crippen molar-refractivity contribution in [3.63, 3.8) is 0 Å². The lowest BCUT2D eigenvalue weighted by molar-refractivity contribution is 0.303. The van der Waals surface area contributed by atoms with Crippen LogP contribution >= 0.6 is 23.2 Å². The van der Waals surface area contributed by atoms with Crippen molar-refractivity contribution in [2.45, 2.75) is 6.61 Å². The summed E-state index contributed by atoms with van der Waals surface area (Å²) >= 11 is 11.6. The van der Waals surface area contributed by atoms with Crippen molar-refractivity contribution in [1.29, 1.82) is 0 Å². The summed E-state index contributed by atoms with van der Waals surface area (Å²) in [6.07, 6.45) is 1.46. The van der Waals surface area contributed by atoms with Crippen LogP contribution in [0.3, 0.4) is 0 Å². The molecule has 2 rings (SSSR count). The van der Waals surface area contributed by atoms with Gasteiger partial charge in [0.25, 0.3) is 0 Å². The Morgan fingerprint density at radius 2 is 1.89 bits per heavy atom. The number of benzene rings is 1. The molecule has 0 amide bonds. The molecule has 0 fully saturated rings. The van der Waals surface area contributed by atoms with E-state index < -0.39 is 11.6 Å². The molecule has 0 unspecified atom stereocenters. The van der Waals surface area contributed by atoms with E-state index >= 15 is 0 Å². The summed E-state index contributed by atoms with van der Waals surface area (Å²) in [6.45, 7) is 0.0913. The van der Waals surface area contributed by atoms with E-state index in [-0.39, 0.29) is 17.5 Å². The highest BCUT2D eigenvalue weighted by Crippen LogP contribution is 2.21. The summed E-state index contributed by atoms with van der Waals surface area (Å²) in [5, 5.41) is 0.675. The van der Waals surface area contributed by atoms with Crippen LogP contribution in [0.5, 0.6) is 5.75 Å². The Kier molecular flexibility index (Phi) is 3.99. The Labute approximate surface area is 112 Å². The third kappa shape index (κ3) is 3.09. The maximum atomic E-state index is 12.9. The van der Waals surface area contributed by atoms with E-state index in [2.05, 4.69) is 4.98 Å². The molecule has 0 spiro atoms. The quantitative estimate of drug-likeness (QED) is 0.788. The van der Waals surface area contributed by atoms with Crippen LogP contribution < -0.4 is 4.74 Å². The molecule has 0 saturated carbocycles. The third-order valence-electron chi connectivity index (χ3n) is 2.18. The Morgan fingerprint density at radius 1 is 1.11 bits per heavy atom.